The highest BCUT2D eigenvalue weighted by Gasteiger charge is 2.22. The predicted octanol–water partition coefficient (Wildman–Crippen LogP) is 5.15. The quantitative estimate of drug-likeness (QED) is 0.483. The van der Waals surface area contributed by atoms with Gasteiger partial charge in [-0.2, -0.15) is 0 Å². The van der Waals surface area contributed by atoms with Crippen molar-refractivity contribution in [3.63, 3.8) is 0 Å². The van der Waals surface area contributed by atoms with Crippen LogP contribution in [-0.4, -0.2) is 28.0 Å². The van der Waals surface area contributed by atoms with Gasteiger partial charge in [0, 0.05) is 28.9 Å². The van der Waals surface area contributed by atoms with E-state index in [9.17, 15) is 4.79 Å². The lowest BCUT2D eigenvalue weighted by Gasteiger charge is -2.18. The maximum absolute atomic E-state index is 13.3. The van der Waals surface area contributed by atoms with Crippen LogP contribution in [0.2, 0.25) is 0 Å². The Kier molecular flexibility index (Phi) is 4.73. The standard InChI is InChI=1S/C22H21N3O2S/c1-13-10-17(15(3)28-13)19-11-18(20-14(2)24-27-21(20)23-19)22(26)25(4)12-16-8-6-5-7-9-16/h5-11H,12H2,1-4H3. The smallest absolute Gasteiger partial charge is 0.259 e. The number of rotatable bonds is 4. The van der Waals surface area contributed by atoms with Gasteiger partial charge < -0.3 is 9.42 Å². The first kappa shape index (κ1) is 18.4. The summed E-state index contributed by atoms with van der Waals surface area (Å²) in [4.78, 5) is 22.0. The number of pyridine rings is 1. The minimum atomic E-state index is -0.0755. The van der Waals surface area contributed by atoms with Crippen molar-refractivity contribution in [2.45, 2.75) is 27.3 Å². The van der Waals surface area contributed by atoms with Crippen LogP contribution in [0.15, 0.2) is 47.0 Å². The first-order valence-electron chi connectivity index (χ1n) is 9.08. The minimum Gasteiger partial charge on any atom is -0.337 e. The fourth-order valence-electron chi connectivity index (χ4n) is 3.42. The molecule has 3 heterocycles. The lowest BCUT2D eigenvalue weighted by molar-refractivity contribution is 0.0787. The van der Waals surface area contributed by atoms with Crippen LogP contribution in [0.4, 0.5) is 0 Å². The number of hydrogen-bond acceptors (Lipinski definition) is 5. The molecule has 0 atom stereocenters. The van der Waals surface area contributed by atoms with Crippen molar-refractivity contribution in [3.05, 3.63) is 69.0 Å². The van der Waals surface area contributed by atoms with Gasteiger partial charge in [-0.3, -0.25) is 4.79 Å². The molecule has 0 bridgehead atoms. The van der Waals surface area contributed by atoms with Crippen molar-refractivity contribution < 1.29 is 9.32 Å². The van der Waals surface area contributed by atoms with E-state index in [2.05, 4.69) is 30.1 Å². The highest BCUT2D eigenvalue weighted by atomic mass is 32.1. The molecule has 1 aromatic carbocycles. The van der Waals surface area contributed by atoms with Gasteiger partial charge in [-0.1, -0.05) is 35.5 Å². The molecule has 6 heteroatoms. The van der Waals surface area contributed by atoms with Gasteiger partial charge in [-0.15, -0.1) is 11.3 Å². The summed E-state index contributed by atoms with van der Waals surface area (Å²) in [6.45, 7) is 6.49. The monoisotopic (exact) mass is 391 g/mol. The summed E-state index contributed by atoms with van der Waals surface area (Å²) in [5.74, 6) is -0.0755. The van der Waals surface area contributed by atoms with Crippen molar-refractivity contribution in [2.24, 2.45) is 0 Å². The predicted molar refractivity (Wildman–Crippen MR) is 112 cm³/mol. The van der Waals surface area contributed by atoms with Crippen molar-refractivity contribution in [2.75, 3.05) is 7.05 Å². The van der Waals surface area contributed by atoms with Gasteiger partial charge in [0.05, 0.1) is 22.3 Å². The summed E-state index contributed by atoms with van der Waals surface area (Å²) in [5.41, 5.74) is 4.48. The molecule has 1 amide bonds. The van der Waals surface area contributed by atoms with Crippen molar-refractivity contribution in [1.82, 2.24) is 15.0 Å². The molecule has 0 unspecified atom stereocenters. The van der Waals surface area contributed by atoms with Gasteiger partial charge in [0.2, 0.25) is 0 Å². The SMILES string of the molecule is Cc1cc(-c2cc(C(=O)N(C)Cc3ccccc3)c3c(C)noc3n2)c(C)s1. The molecule has 0 fully saturated rings. The Morgan fingerprint density at radius 2 is 1.89 bits per heavy atom. The molecule has 4 aromatic rings. The molecule has 142 valence electrons. The molecule has 0 spiro atoms. The van der Waals surface area contributed by atoms with E-state index in [1.807, 2.05) is 50.4 Å². The summed E-state index contributed by atoms with van der Waals surface area (Å²) in [6, 6.07) is 13.9. The topological polar surface area (TPSA) is 59.2 Å². The number of carbonyl (C=O) groups excluding carboxylic acids is 1. The van der Waals surface area contributed by atoms with Crippen molar-refractivity contribution in [3.8, 4) is 11.3 Å². The van der Waals surface area contributed by atoms with Crippen LogP contribution in [0.25, 0.3) is 22.4 Å². The van der Waals surface area contributed by atoms with Crippen molar-refractivity contribution >= 4 is 28.3 Å². The molecule has 0 aliphatic rings. The summed E-state index contributed by atoms with van der Waals surface area (Å²) < 4.78 is 5.42. The molecule has 0 saturated heterocycles. The number of aromatic nitrogens is 2. The van der Waals surface area contributed by atoms with Gasteiger partial charge in [-0.05, 0) is 38.5 Å². The van der Waals surface area contributed by atoms with E-state index >= 15 is 0 Å². The third-order valence-corrected chi connectivity index (χ3v) is 5.74. The number of amides is 1. The first-order valence-corrected chi connectivity index (χ1v) is 9.89. The molecule has 28 heavy (non-hydrogen) atoms. The summed E-state index contributed by atoms with van der Waals surface area (Å²) in [6.07, 6.45) is 0. The van der Waals surface area contributed by atoms with Gasteiger partial charge in [0.15, 0.2) is 0 Å². The van der Waals surface area contributed by atoms with E-state index in [0.717, 1.165) is 21.7 Å². The zero-order valence-electron chi connectivity index (χ0n) is 16.3. The number of nitrogens with zero attached hydrogens (tertiary/aromatic N) is 3. The zero-order valence-corrected chi connectivity index (χ0v) is 17.1. The van der Waals surface area contributed by atoms with E-state index in [0.29, 0.717) is 28.9 Å². The molecule has 0 aliphatic carbocycles. The second kappa shape index (κ2) is 7.20. The van der Waals surface area contributed by atoms with E-state index < -0.39 is 0 Å². The maximum Gasteiger partial charge on any atom is 0.259 e. The number of hydrogen-bond donors (Lipinski definition) is 0. The van der Waals surface area contributed by atoms with Crippen LogP contribution in [0, 0.1) is 20.8 Å². The van der Waals surface area contributed by atoms with E-state index in [-0.39, 0.29) is 5.91 Å². The van der Waals surface area contributed by atoms with Gasteiger partial charge in [0.25, 0.3) is 11.6 Å². The van der Waals surface area contributed by atoms with Gasteiger partial charge in [0.1, 0.15) is 0 Å². The fraction of sp³-hybridized carbons (Fsp3) is 0.227. The molecule has 3 aromatic heterocycles. The average Bonchev–Trinajstić information content (AvgIpc) is 3.22. The zero-order chi connectivity index (χ0) is 19.8. The first-order chi connectivity index (χ1) is 13.4. The van der Waals surface area contributed by atoms with Crippen LogP contribution < -0.4 is 0 Å². The summed E-state index contributed by atoms with van der Waals surface area (Å²) >= 11 is 1.72. The van der Waals surface area contributed by atoms with Crippen LogP contribution in [0.1, 0.15) is 31.4 Å². The van der Waals surface area contributed by atoms with E-state index in [4.69, 9.17) is 4.52 Å². The molecule has 4 rings (SSSR count). The minimum absolute atomic E-state index is 0.0755. The van der Waals surface area contributed by atoms with Crippen LogP contribution in [0.5, 0.6) is 0 Å². The molecular formula is C22H21N3O2S. The average molecular weight is 391 g/mol. The molecule has 5 nitrogen and oxygen atoms in total. The highest BCUT2D eigenvalue weighted by Crippen LogP contribution is 2.33. The Hall–Kier alpha value is -2.99. The number of aryl methyl sites for hydroxylation is 3. The number of fused-ring (bicyclic) bond motifs is 1. The third kappa shape index (κ3) is 3.31. The van der Waals surface area contributed by atoms with E-state index in [1.165, 1.54) is 4.88 Å². The Morgan fingerprint density at radius 3 is 2.57 bits per heavy atom. The summed E-state index contributed by atoms with van der Waals surface area (Å²) in [5, 5.41) is 4.72. The largest absolute Gasteiger partial charge is 0.337 e. The second-order valence-corrected chi connectivity index (χ2v) is 8.44. The molecule has 0 aliphatic heterocycles. The molecule has 0 saturated carbocycles. The molecule has 0 N–H and O–H groups in total. The Morgan fingerprint density at radius 1 is 1.14 bits per heavy atom. The van der Waals surface area contributed by atoms with E-state index in [1.54, 1.807) is 16.2 Å². The van der Waals surface area contributed by atoms with Crippen LogP contribution >= 0.6 is 11.3 Å². The van der Waals surface area contributed by atoms with Gasteiger partial charge in [-0.25, -0.2) is 4.98 Å². The lowest BCUT2D eigenvalue weighted by atomic mass is 10.0. The highest BCUT2D eigenvalue weighted by molar-refractivity contribution is 7.12. The molecular weight excluding hydrogens is 370 g/mol. The van der Waals surface area contributed by atoms with Crippen molar-refractivity contribution in [1.29, 1.82) is 0 Å². The number of carbonyl (C=O) groups is 1. The number of benzene rings is 1. The maximum atomic E-state index is 13.3. The number of thiophene rings is 1. The summed E-state index contributed by atoms with van der Waals surface area (Å²) in [7, 11) is 1.81. The molecule has 0 radical (unpaired) electrons. The lowest BCUT2D eigenvalue weighted by Crippen LogP contribution is -2.26. The van der Waals surface area contributed by atoms with Crippen LogP contribution in [0.3, 0.4) is 0 Å². The van der Waals surface area contributed by atoms with Gasteiger partial charge >= 0.3 is 0 Å². The normalized spacial score (nSPS) is 11.1. The third-order valence-electron chi connectivity index (χ3n) is 4.77. The Bertz CT molecular complexity index is 1160. The Balaban J connectivity index is 1.79. The van der Waals surface area contributed by atoms with Crippen LogP contribution in [-0.2, 0) is 6.54 Å². The Labute approximate surface area is 167 Å². The fourth-order valence-corrected chi connectivity index (χ4v) is 4.35. The second-order valence-electron chi connectivity index (χ2n) is 6.98.